The normalized spacial score (nSPS) is 28.9. The predicted molar refractivity (Wildman–Crippen MR) is 44.8 cm³/mol. The van der Waals surface area contributed by atoms with Crippen LogP contribution in [-0.4, -0.2) is 50.6 Å². The molecule has 0 aromatic rings. The van der Waals surface area contributed by atoms with Gasteiger partial charge in [0.15, 0.2) is 0 Å². The quantitative estimate of drug-likeness (QED) is 0.404. The number of hydrogen-bond donors (Lipinski definition) is 1. The molecular formula is C7H15N3O. The molecule has 1 fully saturated rings. The maximum atomic E-state index is 5.61. The molecule has 11 heavy (non-hydrogen) atoms. The van der Waals surface area contributed by atoms with Gasteiger partial charge in [0.25, 0.3) is 0 Å². The SMILES string of the molecule is CN=C(N)C1CN(C)CCO1. The van der Waals surface area contributed by atoms with E-state index in [1.54, 1.807) is 7.05 Å². The lowest BCUT2D eigenvalue weighted by Gasteiger charge is -2.29. The molecule has 1 atom stereocenters. The zero-order chi connectivity index (χ0) is 8.27. The van der Waals surface area contributed by atoms with Crippen LogP contribution in [0.4, 0.5) is 0 Å². The van der Waals surface area contributed by atoms with Gasteiger partial charge in [-0.1, -0.05) is 0 Å². The molecule has 1 rings (SSSR count). The number of nitrogens with zero attached hydrogens (tertiary/aromatic N) is 2. The van der Waals surface area contributed by atoms with Crippen LogP contribution in [0.2, 0.25) is 0 Å². The summed E-state index contributed by atoms with van der Waals surface area (Å²) in [7, 11) is 3.74. The van der Waals surface area contributed by atoms with Crippen LogP contribution in [0.3, 0.4) is 0 Å². The monoisotopic (exact) mass is 157 g/mol. The van der Waals surface area contributed by atoms with E-state index < -0.39 is 0 Å². The van der Waals surface area contributed by atoms with Crippen molar-refractivity contribution in [3.8, 4) is 0 Å². The summed E-state index contributed by atoms with van der Waals surface area (Å²) in [5, 5.41) is 0. The molecule has 0 radical (unpaired) electrons. The first-order chi connectivity index (χ1) is 5.24. The number of aliphatic imine (C=N–C) groups is 1. The summed E-state index contributed by atoms with van der Waals surface area (Å²) < 4.78 is 5.40. The fourth-order valence-electron chi connectivity index (χ4n) is 1.10. The van der Waals surface area contributed by atoms with Crippen molar-refractivity contribution in [3.05, 3.63) is 0 Å². The summed E-state index contributed by atoms with van der Waals surface area (Å²) in [6.07, 6.45) is -0.00116. The van der Waals surface area contributed by atoms with Crippen LogP contribution in [0.5, 0.6) is 0 Å². The molecule has 0 spiro atoms. The summed E-state index contributed by atoms with van der Waals surface area (Å²) in [4.78, 5) is 6.08. The van der Waals surface area contributed by atoms with Gasteiger partial charge in [-0.25, -0.2) is 0 Å². The van der Waals surface area contributed by atoms with Crippen molar-refractivity contribution in [2.45, 2.75) is 6.10 Å². The second kappa shape index (κ2) is 3.69. The fourth-order valence-corrected chi connectivity index (χ4v) is 1.10. The highest BCUT2D eigenvalue weighted by atomic mass is 16.5. The summed E-state index contributed by atoms with van der Waals surface area (Å²) in [5.41, 5.74) is 5.61. The molecule has 1 saturated heterocycles. The van der Waals surface area contributed by atoms with E-state index in [4.69, 9.17) is 10.5 Å². The summed E-state index contributed by atoms with van der Waals surface area (Å²) >= 11 is 0. The van der Waals surface area contributed by atoms with Crippen molar-refractivity contribution in [2.75, 3.05) is 33.8 Å². The average Bonchev–Trinajstić information content (AvgIpc) is 2.03. The average molecular weight is 157 g/mol. The highest BCUT2D eigenvalue weighted by Crippen LogP contribution is 2.02. The van der Waals surface area contributed by atoms with Gasteiger partial charge in [-0.2, -0.15) is 0 Å². The zero-order valence-electron chi connectivity index (χ0n) is 7.08. The van der Waals surface area contributed by atoms with Gasteiger partial charge in [0.05, 0.1) is 6.61 Å². The zero-order valence-corrected chi connectivity index (χ0v) is 7.08. The maximum absolute atomic E-state index is 5.61. The third-order valence-electron chi connectivity index (χ3n) is 1.86. The molecule has 0 aromatic carbocycles. The van der Waals surface area contributed by atoms with Crippen LogP contribution in [0.15, 0.2) is 4.99 Å². The summed E-state index contributed by atoms with van der Waals surface area (Å²) in [6, 6.07) is 0. The Morgan fingerprint density at radius 2 is 2.45 bits per heavy atom. The Bertz CT molecular complexity index is 158. The standard InChI is InChI=1S/C7H15N3O/c1-9-7(8)6-5-10(2)3-4-11-6/h6H,3-5H2,1-2H3,(H2,8,9). The van der Waals surface area contributed by atoms with Crippen LogP contribution < -0.4 is 5.73 Å². The van der Waals surface area contributed by atoms with Crippen molar-refractivity contribution in [2.24, 2.45) is 10.7 Å². The Morgan fingerprint density at radius 3 is 3.00 bits per heavy atom. The molecule has 0 saturated carbocycles. The fraction of sp³-hybridized carbons (Fsp3) is 0.857. The molecule has 0 aliphatic carbocycles. The highest BCUT2D eigenvalue weighted by molar-refractivity contribution is 5.85. The highest BCUT2D eigenvalue weighted by Gasteiger charge is 2.19. The van der Waals surface area contributed by atoms with E-state index in [1.165, 1.54) is 0 Å². The molecule has 1 heterocycles. The van der Waals surface area contributed by atoms with Crippen molar-refractivity contribution in [1.29, 1.82) is 0 Å². The molecule has 1 aliphatic heterocycles. The van der Waals surface area contributed by atoms with Gasteiger partial charge in [-0.3, -0.25) is 4.99 Å². The third-order valence-corrected chi connectivity index (χ3v) is 1.86. The van der Waals surface area contributed by atoms with Crippen LogP contribution in [0.25, 0.3) is 0 Å². The van der Waals surface area contributed by atoms with Crippen LogP contribution in [0, 0.1) is 0 Å². The van der Waals surface area contributed by atoms with E-state index in [-0.39, 0.29) is 6.10 Å². The topological polar surface area (TPSA) is 50.8 Å². The Balaban J connectivity index is 2.46. The molecule has 0 amide bonds. The Hall–Kier alpha value is -0.610. The molecule has 64 valence electrons. The number of ether oxygens (including phenoxy) is 1. The van der Waals surface area contributed by atoms with Gasteiger partial charge >= 0.3 is 0 Å². The van der Waals surface area contributed by atoms with Gasteiger partial charge in [0.2, 0.25) is 0 Å². The largest absolute Gasteiger partial charge is 0.385 e. The first-order valence-corrected chi connectivity index (χ1v) is 3.76. The molecular weight excluding hydrogens is 142 g/mol. The lowest BCUT2D eigenvalue weighted by Crippen LogP contribution is -2.46. The molecule has 4 nitrogen and oxygen atoms in total. The number of rotatable bonds is 1. The van der Waals surface area contributed by atoms with Gasteiger partial charge in [0.1, 0.15) is 11.9 Å². The summed E-state index contributed by atoms with van der Waals surface area (Å²) in [5.74, 6) is 0.594. The Kier molecular flexibility index (Phi) is 2.84. The van der Waals surface area contributed by atoms with Gasteiger partial charge in [0, 0.05) is 20.1 Å². The lowest BCUT2D eigenvalue weighted by atomic mass is 10.2. The molecule has 1 unspecified atom stereocenters. The van der Waals surface area contributed by atoms with Gasteiger partial charge < -0.3 is 15.4 Å². The van der Waals surface area contributed by atoms with E-state index in [0.717, 1.165) is 19.7 Å². The van der Waals surface area contributed by atoms with Gasteiger partial charge in [-0.05, 0) is 7.05 Å². The smallest absolute Gasteiger partial charge is 0.127 e. The van der Waals surface area contributed by atoms with E-state index >= 15 is 0 Å². The number of amidine groups is 1. The van der Waals surface area contributed by atoms with E-state index in [2.05, 4.69) is 16.9 Å². The Morgan fingerprint density at radius 1 is 1.73 bits per heavy atom. The predicted octanol–water partition coefficient (Wildman–Crippen LogP) is -0.696. The van der Waals surface area contributed by atoms with Crippen molar-refractivity contribution >= 4 is 5.84 Å². The molecule has 0 bridgehead atoms. The minimum atomic E-state index is -0.00116. The minimum absolute atomic E-state index is 0.00116. The minimum Gasteiger partial charge on any atom is -0.385 e. The lowest BCUT2D eigenvalue weighted by molar-refractivity contribution is 0.0167. The van der Waals surface area contributed by atoms with Crippen LogP contribution >= 0.6 is 0 Å². The first kappa shape index (κ1) is 8.49. The van der Waals surface area contributed by atoms with Crippen LogP contribution in [-0.2, 0) is 4.74 Å². The van der Waals surface area contributed by atoms with E-state index in [9.17, 15) is 0 Å². The van der Waals surface area contributed by atoms with E-state index in [1.807, 2.05) is 0 Å². The maximum Gasteiger partial charge on any atom is 0.127 e. The molecule has 4 heteroatoms. The van der Waals surface area contributed by atoms with Crippen molar-refractivity contribution in [3.63, 3.8) is 0 Å². The molecule has 1 aliphatic rings. The Labute approximate surface area is 67.0 Å². The van der Waals surface area contributed by atoms with Crippen LogP contribution in [0.1, 0.15) is 0 Å². The number of morpholine rings is 1. The second-order valence-corrected chi connectivity index (χ2v) is 2.77. The second-order valence-electron chi connectivity index (χ2n) is 2.77. The van der Waals surface area contributed by atoms with Gasteiger partial charge in [-0.15, -0.1) is 0 Å². The van der Waals surface area contributed by atoms with Crippen molar-refractivity contribution in [1.82, 2.24) is 4.90 Å². The molecule has 2 N–H and O–H groups in total. The first-order valence-electron chi connectivity index (χ1n) is 3.76. The third kappa shape index (κ3) is 2.17. The summed E-state index contributed by atoms with van der Waals surface area (Å²) in [6.45, 7) is 2.58. The number of nitrogens with two attached hydrogens (primary N) is 1. The number of hydrogen-bond acceptors (Lipinski definition) is 3. The van der Waals surface area contributed by atoms with Crippen molar-refractivity contribution < 1.29 is 4.74 Å². The van der Waals surface area contributed by atoms with E-state index in [0.29, 0.717) is 5.84 Å². The number of likely N-dealkylation sites (N-methyl/N-ethyl adjacent to an activating group) is 1. The molecule has 0 aromatic heterocycles.